The summed E-state index contributed by atoms with van der Waals surface area (Å²) in [4.78, 5) is 0. The van der Waals surface area contributed by atoms with Crippen LogP contribution in [0.3, 0.4) is 0 Å². The highest BCUT2D eigenvalue weighted by Gasteiger charge is 2.02. The molecule has 0 fully saturated rings. The fourth-order valence-electron chi connectivity index (χ4n) is 1.23. The summed E-state index contributed by atoms with van der Waals surface area (Å²) in [6.45, 7) is 0. The van der Waals surface area contributed by atoms with E-state index < -0.39 is 0 Å². The lowest BCUT2D eigenvalue weighted by Crippen LogP contribution is -2.00. The van der Waals surface area contributed by atoms with Crippen LogP contribution in [-0.4, -0.2) is 7.85 Å². The molecule has 0 spiro atoms. The summed E-state index contributed by atoms with van der Waals surface area (Å²) in [6.07, 6.45) is 0. The zero-order valence-corrected chi connectivity index (χ0v) is 9.79. The van der Waals surface area contributed by atoms with Crippen LogP contribution in [0.4, 0.5) is 0 Å². The molecular formula is C12H7BCl2O. The first-order valence-corrected chi connectivity index (χ1v) is 5.39. The molecule has 2 rings (SSSR count). The van der Waals surface area contributed by atoms with Crippen LogP contribution in [0.5, 0.6) is 11.5 Å². The minimum Gasteiger partial charge on any atom is -0.456 e. The molecule has 0 N–H and O–H groups in total. The van der Waals surface area contributed by atoms with Crippen molar-refractivity contribution in [3.63, 3.8) is 0 Å². The molecule has 0 unspecified atom stereocenters. The monoisotopic (exact) mass is 248 g/mol. The molecule has 0 aromatic heterocycles. The quantitative estimate of drug-likeness (QED) is 0.739. The lowest BCUT2D eigenvalue weighted by atomic mass is 9.97. The van der Waals surface area contributed by atoms with Crippen molar-refractivity contribution in [2.75, 3.05) is 0 Å². The molecule has 0 saturated heterocycles. The highest BCUT2D eigenvalue weighted by Crippen LogP contribution is 2.28. The van der Waals surface area contributed by atoms with Crippen LogP contribution >= 0.6 is 23.2 Å². The van der Waals surface area contributed by atoms with Crippen molar-refractivity contribution in [3.05, 3.63) is 52.5 Å². The van der Waals surface area contributed by atoms with E-state index in [1.54, 1.807) is 42.5 Å². The molecule has 0 saturated carbocycles. The van der Waals surface area contributed by atoms with Crippen molar-refractivity contribution in [1.82, 2.24) is 0 Å². The Morgan fingerprint density at radius 1 is 0.938 bits per heavy atom. The molecule has 16 heavy (non-hydrogen) atoms. The third-order valence-electron chi connectivity index (χ3n) is 2.00. The molecule has 0 aliphatic heterocycles. The highest BCUT2D eigenvalue weighted by atomic mass is 35.5. The largest absolute Gasteiger partial charge is 0.456 e. The fourth-order valence-corrected chi connectivity index (χ4v) is 1.58. The van der Waals surface area contributed by atoms with E-state index in [1.165, 1.54) is 0 Å². The minimum absolute atomic E-state index is 0.481. The number of benzene rings is 2. The molecule has 1 nitrogen and oxygen atoms in total. The Bertz CT molecular complexity index is 497. The van der Waals surface area contributed by atoms with Crippen LogP contribution in [0.1, 0.15) is 0 Å². The molecule has 0 atom stereocenters. The van der Waals surface area contributed by atoms with Crippen molar-refractivity contribution in [3.8, 4) is 11.5 Å². The van der Waals surface area contributed by atoms with E-state index in [9.17, 15) is 0 Å². The summed E-state index contributed by atoms with van der Waals surface area (Å²) < 4.78 is 5.57. The van der Waals surface area contributed by atoms with Gasteiger partial charge in [-0.15, -0.1) is 0 Å². The molecule has 0 heterocycles. The maximum Gasteiger partial charge on any atom is 0.145 e. The Labute approximate surface area is 105 Å². The average molecular weight is 249 g/mol. The van der Waals surface area contributed by atoms with Crippen LogP contribution in [0.2, 0.25) is 10.0 Å². The first-order chi connectivity index (χ1) is 7.65. The van der Waals surface area contributed by atoms with Gasteiger partial charge >= 0.3 is 0 Å². The lowest BCUT2D eigenvalue weighted by Gasteiger charge is -2.08. The van der Waals surface area contributed by atoms with E-state index in [4.69, 9.17) is 35.8 Å². The molecule has 78 valence electrons. The molecule has 2 radical (unpaired) electrons. The summed E-state index contributed by atoms with van der Waals surface area (Å²) in [5.41, 5.74) is 0.605. The molecule has 0 aliphatic rings. The van der Waals surface area contributed by atoms with Gasteiger partial charge in [0, 0.05) is 5.02 Å². The predicted molar refractivity (Wildman–Crippen MR) is 68.4 cm³/mol. The van der Waals surface area contributed by atoms with E-state index in [0.29, 0.717) is 27.0 Å². The second kappa shape index (κ2) is 4.81. The maximum atomic E-state index is 5.98. The second-order valence-corrected chi connectivity index (χ2v) is 4.09. The summed E-state index contributed by atoms with van der Waals surface area (Å²) in [6, 6.07) is 12.2. The normalized spacial score (nSPS) is 10.1. The lowest BCUT2D eigenvalue weighted by molar-refractivity contribution is 0.483. The fraction of sp³-hybridized carbons (Fsp3) is 0. The summed E-state index contributed by atoms with van der Waals surface area (Å²) >= 11 is 11.7. The van der Waals surface area contributed by atoms with Crippen LogP contribution in [-0.2, 0) is 0 Å². The SMILES string of the molecule is [B]c1ccc(Oc2ccc(Cl)cc2)c(Cl)c1. The third kappa shape index (κ3) is 2.72. The van der Waals surface area contributed by atoms with E-state index in [-0.39, 0.29) is 0 Å². The summed E-state index contributed by atoms with van der Waals surface area (Å²) in [7, 11) is 5.58. The Hall–Kier alpha value is -1.12. The van der Waals surface area contributed by atoms with E-state index in [0.717, 1.165) is 0 Å². The third-order valence-corrected chi connectivity index (χ3v) is 2.54. The highest BCUT2D eigenvalue weighted by molar-refractivity contribution is 6.37. The van der Waals surface area contributed by atoms with Crippen molar-refractivity contribution >= 4 is 36.5 Å². The summed E-state index contributed by atoms with van der Waals surface area (Å²) in [5.74, 6) is 1.24. The number of halogens is 2. The standard InChI is InChI=1S/C12H7BCl2O/c13-8-1-6-12(11(15)7-8)16-10-4-2-9(14)3-5-10/h1-7H. The first-order valence-electron chi connectivity index (χ1n) is 4.63. The van der Waals surface area contributed by atoms with Crippen molar-refractivity contribution in [2.24, 2.45) is 0 Å². The Morgan fingerprint density at radius 2 is 1.62 bits per heavy atom. The van der Waals surface area contributed by atoms with Gasteiger partial charge in [-0.25, -0.2) is 0 Å². The Balaban J connectivity index is 2.23. The number of hydrogen-bond acceptors (Lipinski definition) is 1. The van der Waals surface area contributed by atoms with E-state index in [2.05, 4.69) is 0 Å². The van der Waals surface area contributed by atoms with Crippen LogP contribution in [0, 0.1) is 0 Å². The van der Waals surface area contributed by atoms with Gasteiger partial charge in [0.05, 0.1) is 5.02 Å². The minimum atomic E-state index is 0.481. The van der Waals surface area contributed by atoms with Gasteiger partial charge in [0.25, 0.3) is 0 Å². The van der Waals surface area contributed by atoms with Crippen LogP contribution in [0.15, 0.2) is 42.5 Å². The number of hydrogen-bond donors (Lipinski definition) is 0. The first kappa shape index (κ1) is 11.4. The predicted octanol–water partition coefficient (Wildman–Crippen LogP) is 3.58. The van der Waals surface area contributed by atoms with Gasteiger partial charge in [-0.3, -0.25) is 0 Å². The van der Waals surface area contributed by atoms with E-state index in [1.807, 2.05) is 0 Å². The van der Waals surface area contributed by atoms with Gasteiger partial charge in [-0.2, -0.15) is 0 Å². The van der Waals surface area contributed by atoms with Gasteiger partial charge in [0.15, 0.2) is 0 Å². The van der Waals surface area contributed by atoms with Gasteiger partial charge in [0.2, 0.25) is 0 Å². The van der Waals surface area contributed by atoms with Crippen molar-refractivity contribution < 1.29 is 4.74 Å². The molecule has 2 aromatic carbocycles. The number of ether oxygens (including phenoxy) is 1. The Morgan fingerprint density at radius 3 is 2.25 bits per heavy atom. The Kier molecular flexibility index (Phi) is 3.42. The van der Waals surface area contributed by atoms with Gasteiger partial charge in [0.1, 0.15) is 19.3 Å². The topological polar surface area (TPSA) is 9.23 Å². The van der Waals surface area contributed by atoms with Gasteiger partial charge in [-0.1, -0.05) is 34.7 Å². The second-order valence-electron chi connectivity index (χ2n) is 3.25. The molecular weight excluding hydrogens is 242 g/mol. The van der Waals surface area contributed by atoms with Gasteiger partial charge < -0.3 is 4.74 Å². The average Bonchev–Trinajstić information content (AvgIpc) is 2.25. The maximum absolute atomic E-state index is 5.98. The molecule has 0 amide bonds. The van der Waals surface area contributed by atoms with Crippen molar-refractivity contribution in [1.29, 1.82) is 0 Å². The molecule has 0 aliphatic carbocycles. The molecule has 2 aromatic rings. The zero-order chi connectivity index (χ0) is 11.5. The van der Waals surface area contributed by atoms with Gasteiger partial charge in [-0.05, 0) is 36.4 Å². The van der Waals surface area contributed by atoms with Crippen LogP contribution < -0.4 is 10.2 Å². The molecule has 4 heteroatoms. The van der Waals surface area contributed by atoms with Crippen LogP contribution in [0.25, 0.3) is 0 Å². The smallest absolute Gasteiger partial charge is 0.145 e. The number of rotatable bonds is 2. The van der Waals surface area contributed by atoms with E-state index >= 15 is 0 Å². The zero-order valence-electron chi connectivity index (χ0n) is 8.28. The molecule has 0 bridgehead atoms. The summed E-state index contributed by atoms with van der Waals surface area (Å²) in [5, 5.41) is 1.14. The van der Waals surface area contributed by atoms with Crippen molar-refractivity contribution in [2.45, 2.75) is 0 Å².